The molecule has 106 valence electrons. The molecule has 19 heavy (non-hydrogen) atoms. The third-order valence-electron chi connectivity index (χ3n) is 3.11. The van der Waals surface area contributed by atoms with E-state index in [9.17, 15) is 4.79 Å². The minimum Gasteiger partial charge on any atom is -0.478 e. The zero-order chi connectivity index (χ0) is 14.6. The summed E-state index contributed by atoms with van der Waals surface area (Å²) in [6.07, 6.45) is 0. The van der Waals surface area contributed by atoms with Gasteiger partial charge in [-0.05, 0) is 41.2 Å². The molecule has 0 spiro atoms. The fourth-order valence-electron chi connectivity index (χ4n) is 2.52. The third kappa shape index (κ3) is 4.46. The molecule has 1 rings (SSSR count). The van der Waals surface area contributed by atoms with Crippen LogP contribution >= 0.6 is 0 Å². The van der Waals surface area contributed by atoms with Gasteiger partial charge in [-0.1, -0.05) is 39.8 Å². The molecule has 1 N–H and O–H groups in total. The van der Waals surface area contributed by atoms with Crippen LogP contribution < -0.4 is 5.19 Å². The first-order valence-electron chi connectivity index (χ1n) is 6.77. The maximum Gasteiger partial charge on any atom is 0.335 e. The standard InChI is InChI=1S/C15H23FO2Si/c1-11(2)9-19(16,10-12(3)4)14-7-5-13(6-8-14)15(17)18/h5-8,11-12H,9-10H2,1-4H3,(H,17,18)/i16+0. The maximum atomic E-state index is 15.3. The van der Waals surface area contributed by atoms with Crippen molar-refractivity contribution >= 4 is 19.6 Å². The number of hydrogen-bond acceptors (Lipinski definition) is 1. The Morgan fingerprint density at radius 3 is 1.84 bits per heavy atom. The SMILES string of the molecule is CC(C)C[Si]([19F])(CC(C)C)c1ccc(C(=O)O)cc1. The first-order valence-corrected chi connectivity index (χ1v) is 9.06. The zero-order valence-corrected chi connectivity index (χ0v) is 13.1. The number of hydrogen-bond donors (Lipinski definition) is 1. The summed E-state index contributed by atoms with van der Waals surface area (Å²) in [5, 5.41) is 9.61. The van der Waals surface area contributed by atoms with Crippen LogP contribution in [0.2, 0.25) is 12.1 Å². The van der Waals surface area contributed by atoms with E-state index in [0.29, 0.717) is 23.9 Å². The van der Waals surface area contributed by atoms with Crippen LogP contribution in [0.1, 0.15) is 38.1 Å². The molecular weight excluding hydrogens is 259 g/mol. The van der Waals surface area contributed by atoms with E-state index in [-0.39, 0.29) is 5.56 Å². The molecule has 0 bridgehead atoms. The van der Waals surface area contributed by atoms with Crippen LogP contribution in [0, 0.1) is 11.8 Å². The molecule has 1 aromatic rings. The number of halogens is 1. The van der Waals surface area contributed by atoms with Crippen molar-refractivity contribution in [2.24, 2.45) is 11.8 Å². The van der Waals surface area contributed by atoms with Crippen LogP contribution in [0.5, 0.6) is 0 Å². The van der Waals surface area contributed by atoms with Crippen LogP contribution in [0.4, 0.5) is 4.11 Å². The molecule has 4 heteroatoms. The lowest BCUT2D eigenvalue weighted by Gasteiger charge is -2.26. The average molecular weight is 282 g/mol. The molecule has 0 aliphatic rings. The molecule has 0 aliphatic carbocycles. The fraction of sp³-hybridized carbons (Fsp3) is 0.533. The van der Waals surface area contributed by atoms with E-state index >= 15 is 4.11 Å². The second-order valence-corrected chi connectivity index (χ2v) is 9.37. The van der Waals surface area contributed by atoms with Crippen molar-refractivity contribution in [1.29, 1.82) is 0 Å². The molecule has 0 amide bonds. The van der Waals surface area contributed by atoms with Crippen LogP contribution in [0.3, 0.4) is 0 Å². The molecule has 0 aromatic heterocycles. The Balaban J connectivity index is 3.06. The van der Waals surface area contributed by atoms with Crippen molar-refractivity contribution in [1.82, 2.24) is 0 Å². The van der Waals surface area contributed by atoms with Gasteiger partial charge in [0.2, 0.25) is 0 Å². The number of carbonyl (C=O) groups is 1. The minimum atomic E-state index is -3.00. The first-order chi connectivity index (χ1) is 8.74. The Labute approximate surface area is 115 Å². The summed E-state index contributed by atoms with van der Waals surface area (Å²) in [6.45, 7) is 8.14. The van der Waals surface area contributed by atoms with E-state index in [1.54, 1.807) is 12.1 Å². The lowest BCUT2D eigenvalue weighted by Crippen LogP contribution is -2.45. The predicted molar refractivity (Wildman–Crippen MR) is 79.2 cm³/mol. The lowest BCUT2D eigenvalue weighted by atomic mass is 10.2. The number of carboxylic acids is 1. The van der Waals surface area contributed by atoms with Crippen LogP contribution in [0.25, 0.3) is 0 Å². The van der Waals surface area contributed by atoms with Gasteiger partial charge >= 0.3 is 5.97 Å². The van der Waals surface area contributed by atoms with E-state index in [1.807, 2.05) is 27.7 Å². The monoisotopic (exact) mass is 282 g/mol. The van der Waals surface area contributed by atoms with E-state index in [0.717, 1.165) is 5.19 Å². The second-order valence-electron chi connectivity index (χ2n) is 6.04. The maximum absolute atomic E-state index is 15.3. The molecule has 0 unspecified atom stereocenters. The van der Waals surface area contributed by atoms with E-state index < -0.39 is 14.4 Å². The third-order valence-corrected chi connectivity index (χ3v) is 7.41. The van der Waals surface area contributed by atoms with Gasteiger partial charge in [0.25, 0.3) is 8.41 Å². The molecule has 0 atom stereocenters. The van der Waals surface area contributed by atoms with Gasteiger partial charge < -0.3 is 9.21 Å². The van der Waals surface area contributed by atoms with Crippen LogP contribution in [0.15, 0.2) is 24.3 Å². The summed E-state index contributed by atoms with van der Waals surface area (Å²) in [4.78, 5) is 10.8. The number of benzene rings is 1. The Morgan fingerprint density at radius 2 is 1.53 bits per heavy atom. The summed E-state index contributed by atoms with van der Waals surface area (Å²) in [7, 11) is -3.00. The molecular formula is C15H23FO2Si. The van der Waals surface area contributed by atoms with Crippen molar-refractivity contribution in [2.45, 2.75) is 39.8 Å². The summed E-state index contributed by atoms with van der Waals surface area (Å²) >= 11 is 0. The Bertz CT molecular complexity index is 416. The predicted octanol–water partition coefficient (Wildman–Crippen LogP) is 3.82. The molecule has 0 fully saturated rings. The Kier molecular flexibility index (Phi) is 5.29. The molecule has 0 saturated heterocycles. The van der Waals surface area contributed by atoms with Crippen molar-refractivity contribution in [3.63, 3.8) is 0 Å². The average Bonchev–Trinajstić information content (AvgIpc) is 2.26. The van der Waals surface area contributed by atoms with Gasteiger partial charge in [-0.25, -0.2) is 4.79 Å². The second kappa shape index (κ2) is 6.33. The van der Waals surface area contributed by atoms with E-state index in [2.05, 4.69) is 0 Å². The van der Waals surface area contributed by atoms with Gasteiger partial charge in [-0.3, -0.25) is 0 Å². The van der Waals surface area contributed by atoms with Gasteiger partial charge in [0, 0.05) is 0 Å². The lowest BCUT2D eigenvalue weighted by molar-refractivity contribution is 0.0697. The van der Waals surface area contributed by atoms with Crippen LogP contribution in [-0.4, -0.2) is 19.5 Å². The number of rotatable bonds is 6. The van der Waals surface area contributed by atoms with Gasteiger partial charge in [0.1, 0.15) is 0 Å². The smallest absolute Gasteiger partial charge is 0.335 e. The molecule has 0 heterocycles. The van der Waals surface area contributed by atoms with Gasteiger partial charge in [0.05, 0.1) is 5.56 Å². The fourth-order valence-corrected chi connectivity index (χ4v) is 6.52. The summed E-state index contributed by atoms with van der Waals surface area (Å²) < 4.78 is 15.3. The topological polar surface area (TPSA) is 37.3 Å². The highest BCUT2D eigenvalue weighted by atomic mass is 28.4. The number of aromatic carboxylic acids is 1. The van der Waals surface area contributed by atoms with Crippen molar-refractivity contribution < 1.29 is 14.0 Å². The van der Waals surface area contributed by atoms with Gasteiger partial charge in [-0.15, -0.1) is 0 Å². The quantitative estimate of drug-likeness (QED) is 0.636. The van der Waals surface area contributed by atoms with Gasteiger partial charge in [0.15, 0.2) is 0 Å². The summed E-state index contributed by atoms with van der Waals surface area (Å²) in [5.74, 6) is -0.338. The van der Waals surface area contributed by atoms with Crippen molar-refractivity contribution in [3.05, 3.63) is 29.8 Å². The molecule has 1 aromatic carbocycles. The molecule has 0 aliphatic heterocycles. The summed E-state index contributed by atoms with van der Waals surface area (Å²) in [6, 6.07) is 7.55. The highest BCUT2D eigenvalue weighted by Gasteiger charge is 2.37. The first kappa shape index (κ1) is 15.9. The normalized spacial score (nSPS) is 12.2. The van der Waals surface area contributed by atoms with Gasteiger partial charge in [-0.2, -0.15) is 0 Å². The molecule has 0 saturated carbocycles. The minimum absolute atomic E-state index is 0.217. The Hall–Kier alpha value is -1.16. The van der Waals surface area contributed by atoms with E-state index in [4.69, 9.17) is 5.11 Å². The van der Waals surface area contributed by atoms with Crippen molar-refractivity contribution in [2.75, 3.05) is 0 Å². The molecule has 0 radical (unpaired) electrons. The van der Waals surface area contributed by atoms with E-state index in [1.165, 1.54) is 12.1 Å². The zero-order valence-electron chi connectivity index (χ0n) is 12.1. The van der Waals surface area contributed by atoms with Crippen molar-refractivity contribution in [3.8, 4) is 0 Å². The highest BCUT2D eigenvalue weighted by Crippen LogP contribution is 2.26. The van der Waals surface area contributed by atoms with Crippen LogP contribution in [-0.2, 0) is 0 Å². The largest absolute Gasteiger partial charge is 0.478 e. The Morgan fingerprint density at radius 1 is 1.11 bits per heavy atom. The number of carboxylic acid groups (broad SMARTS) is 1. The highest BCUT2D eigenvalue weighted by molar-refractivity contribution is 6.86. The molecule has 2 nitrogen and oxygen atoms in total. The summed E-state index contributed by atoms with van der Waals surface area (Å²) in [5.41, 5.74) is 0.217.